The summed E-state index contributed by atoms with van der Waals surface area (Å²) in [5, 5.41) is 5.76. The Morgan fingerprint density at radius 1 is 1.15 bits per heavy atom. The highest BCUT2D eigenvalue weighted by Gasteiger charge is 2.33. The molecular formula is C20H30F3N3O. The number of para-hydroxylation sites is 1. The minimum absolute atomic E-state index is 0.0198. The third kappa shape index (κ3) is 6.50. The Morgan fingerprint density at radius 3 is 2.41 bits per heavy atom. The van der Waals surface area contributed by atoms with Crippen LogP contribution in [0.25, 0.3) is 0 Å². The Bertz CT molecular complexity index is 625. The summed E-state index contributed by atoms with van der Waals surface area (Å²) >= 11 is 0. The molecule has 7 heteroatoms. The second kappa shape index (κ2) is 9.06. The van der Waals surface area contributed by atoms with Gasteiger partial charge in [0.1, 0.15) is 0 Å². The van der Waals surface area contributed by atoms with Crippen molar-refractivity contribution >= 4 is 11.6 Å². The van der Waals surface area contributed by atoms with Gasteiger partial charge in [-0.05, 0) is 58.8 Å². The number of carbonyl (C=O) groups excluding carboxylic acids is 1. The Morgan fingerprint density at radius 2 is 1.78 bits per heavy atom. The first-order valence-corrected chi connectivity index (χ1v) is 9.54. The molecule has 0 radical (unpaired) electrons. The van der Waals surface area contributed by atoms with Gasteiger partial charge in [0.15, 0.2) is 0 Å². The largest absolute Gasteiger partial charge is 0.418 e. The van der Waals surface area contributed by atoms with Gasteiger partial charge in [-0.25, -0.2) is 0 Å². The van der Waals surface area contributed by atoms with Gasteiger partial charge in [0, 0.05) is 24.5 Å². The fourth-order valence-electron chi connectivity index (χ4n) is 3.43. The van der Waals surface area contributed by atoms with E-state index in [1.54, 1.807) is 0 Å². The molecule has 1 aliphatic heterocycles. The summed E-state index contributed by atoms with van der Waals surface area (Å²) in [7, 11) is 0. The second-order valence-electron chi connectivity index (χ2n) is 7.94. The van der Waals surface area contributed by atoms with Crippen LogP contribution in [0.15, 0.2) is 24.3 Å². The first-order chi connectivity index (χ1) is 12.6. The van der Waals surface area contributed by atoms with Gasteiger partial charge in [-0.1, -0.05) is 18.6 Å². The molecule has 1 fully saturated rings. The van der Waals surface area contributed by atoms with E-state index in [9.17, 15) is 18.0 Å². The molecule has 1 atom stereocenters. The normalized spacial score (nSPS) is 17.6. The van der Waals surface area contributed by atoms with Crippen LogP contribution in [-0.4, -0.2) is 42.0 Å². The first kappa shape index (κ1) is 21.7. The van der Waals surface area contributed by atoms with Crippen LogP contribution in [0.1, 0.15) is 52.0 Å². The SMILES string of the molecule is CC(CC(=O)Nc1ccccc1C(F)(F)F)NCC(C)(C)N1CCCCC1. The Kier molecular flexibility index (Phi) is 7.28. The maximum absolute atomic E-state index is 13.0. The minimum atomic E-state index is -4.49. The van der Waals surface area contributed by atoms with Crippen molar-refractivity contribution in [3.8, 4) is 0 Å². The number of hydrogen-bond acceptors (Lipinski definition) is 3. The number of benzene rings is 1. The lowest BCUT2D eigenvalue weighted by atomic mass is 9.98. The van der Waals surface area contributed by atoms with E-state index in [1.165, 1.54) is 37.5 Å². The lowest BCUT2D eigenvalue weighted by molar-refractivity contribution is -0.137. The van der Waals surface area contributed by atoms with Gasteiger partial charge in [0.2, 0.25) is 5.91 Å². The Balaban J connectivity index is 1.85. The summed E-state index contributed by atoms with van der Waals surface area (Å²) in [6.45, 7) is 9.12. The highest BCUT2D eigenvalue weighted by molar-refractivity contribution is 5.92. The number of carbonyl (C=O) groups is 1. The molecule has 1 heterocycles. The predicted octanol–water partition coefficient (Wildman–Crippen LogP) is 4.28. The molecule has 1 aromatic rings. The van der Waals surface area contributed by atoms with Crippen LogP contribution in [0.4, 0.5) is 18.9 Å². The lowest BCUT2D eigenvalue weighted by Gasteiger charge is -2.41. The van der Waals surface area contributed by atoms with E-state index in [4.69, 9.17) is 0 Å². The van der Waals surface area contributed by atoms with Crippen molar-refractivity contribution in [2.75, 3.05) is 25.0 Å². The fraction of sp³-hybridized carbons (Fsp3) is 0.650. The van der Waals surface area contributed by atoms with Gasteiger partial charge in [0.05, 0.1) is 11.3 Å². The van der Waals surface area contributed by atoms with E-state index >= 15 is 0 Å². The second-order valence-corrected chi connectivity index (χ2v) is 7.94. The molecule has 4 nitrogen and oxygen atoms in total. The number of rotatable bonds is 7. The maximum Gasteiger partial charge on any atom is 0.418 e. The van der Waals surface area contributed by atoms with Gasteiger partial charge in [-0.3, -0.25) is 9.69 Å². The minimum Gasteiger partial charge on any atom is -0.325 e. The molecule has 1 aromatic carbocycles. The van der Waals surface area contributed by atoms with Crippen molar-refractivity contribution in [1.82, 2.24) is 10.2 Å². The number of likely N-dealkylation sites (tertiary alicyclic amines) is 1. The van der Waals surface area contributed by atoms with E-state index in [0.717, 1.165) is 25.7 Å². The highest BCUT2D eigenvalue weighted by Crippen LogP contribution is 2.34. The van der Waals surface area contributed by atoms with Gasteiger partial charge >= 0.3 is 6.18 Å². The third-order valence-corrected chi connectivity index (χ3v) is 5.09. The Labute approximate surface area is 159 Å². The van der Waals surface area contributed by atoms with Crippen molar-refractivity contribution < 1.29 is 18.0 Å². The summed E-state index contributed by atoms with van der Waals surface area (Å²) < 4.78 is 39.1. The summed E-state index contributed by atoms with van der Waals surface area (Å²) in [6, 6.07) is 4.91. The quantitative estimate of drug-likeness (QED) is 0.737. The van der Waals surface area contributed by atoms with Crippen molar-refractivity contribution in [2.45, 2.75) is 64.2 Å². The van der Waals surface area contributed by atoms with Crippen LogP contribution in [0.2, 0.25) is 0 Å². The zero-order valence-corrected chi connectivity index (χ0v) is 16.3. The molecular weight excluding hydrogens is 355 g/mol. The maximum atomic E-state index is 13.0. The summed E-state index contributed by atoms with van der Waals surface area (Å²) in [4.78, 5) is 14.7. The lowest BCUT2D eigenvalue weighted by Crippen LogP contribution is -2.53. The molecule has 152 valence electrons. The molecule has 2 rings (SSSR count). The van der Waals surface area contributed by atoms with E-state index in [-0.39, 0.29) is 23.7 Å². The molecule has 0 aliphatic carbocycles. The van der Waals surface area contributed by atoms with Crippen LogP contribution < -0.4 is 10.6 Å². The average molecular weight is 385 g/mol. The number of nitrogens with zero attached hydrogens (tertiary/aromatic N) is 1. The molecule has 0 aromatic heterocycles. The number of halogens is 3. The number of alkyl halides is 3. The van der Waals surface area contributed by atoms with Gasteiger partial charge in [-0.2, -0.15) is 13.2 Å². The fourth-order valence-corrected chi connectivity index (χ4v) is 3.43. The van der Waals surface area contributed by atoms with E-state index in [1.807, 2.05) is 6.92 Å². The summed E-state index contributed by atoms with van der Waals surface area (Å²) in [6.07, 6.45) is -0.690. The first-order valence-electron chi connectivity index (χ1n) is 9.54. The molecule has 1 amide bonds. The van der Waals surface area contributed by atoms with Crippen LogP contribution in [-0.2, 0) is 11.0 Å². The molecule has 2 N–H and O–H groups in total. The number of piperidine rings is 1. The van der Waals surface area contributed by atoms with Crippen LogP contribution in [0.5, 0.6) is 0 Å². The van der Waals surface area contributed by atoms with E-state index in [0.29, 0.717) is 0 Å². The molecule has 0 spiro atoms. The molecule has 27 heavy (non-hydrogen) atoms. The predicted molar refractivity (Wildman–Crippen MR) is 102 cm³/mol. The molecule has 1 saturated heterocycles. The molecule has 1 unspecified atom stereocenters. The van der Waals surface area contributed by atoms with Gasteiger partial charge < -0.3 is 10.6 Å². The number of anilines is 1. The number of amides is 1. The number of nitrogens with one attached hydrogen (secondary N) is 2. The molecule has 0 bridgehead atoms. The summed E-state index contributed by atoms with van der Waals surface area (Å²) in [5.74, 6) is -0.428. The zero-order chi connectivity index (χ0) is 20.1. The van der Waals surface area contributed by atoms with Crippen LogP contribution in [0, 0.1) is 0 Å². The van der Waals surface area contributed by atoms with Crippen molar-refractivity contribution in [1.29, 1.82) is 0 Å². The topological polar surface area (TPSA) is 44.4 Å². The van der Waals surface area contributed by atoms with Crippen LogP contribution >= 0.6 is 0 Å². The van der Waals surface area contributed by atoms with Gasteiger partial charge in [0.25, 0.3) is 0 Å². The monoisotopic (exact) mass is 385 g/mol. The molecule has 1 aliphatic rings. The van der Waals surface area contributed by atoms with E-state index in [2.05, 4.69) is 29.4 Å². The number of hydrogen-bond donors (Lipinski definition) is 2. The van der Waals surface area contributed by atoms with Crippen molar-refractivity contribution in [3.63, 3.8) is 0 Å². The standard InChI is InChI=1S/C20H30F3N3O/c1-15(24-14-19(2,3)26-11-7-4-8-12-26)13-18(27)25-17-10-6-5-9-16(17)20(21,22)23/h5-6,9-10,15,24H,4,7-8,11-14H2,1-3H3,(H,25,27). The highest BCUT2D eigenvalue weighted by atomic mass is 19.4. The zero-order valence-electron chi connectivity index (χ0n) is 16.3. The van der Waals surface area contributed by atoms with E-state index < -0.39 is 17.6 Å². The Hall–Kier alpha value is -1.60. The summed E-state index contributed by atoms with van der Waals surface area (Å²) in [5.41, 5.74) is -1.05. The van der Waals surface area contributed by atoms with Crippen molar-refractivity contribution in [3.05, 3.63) is 29.8 Å². The smallest absolute Gasteiger partial charge is 0.325 e. The average Bonchev–Trinajstić information content (AvgIpc) is 2.60. The third-order valence-electron chi connectivity index (χ3n) is 5.09. The van der Waals surface area contributed by atoms with Crippen molar-refractivity contribution in [2.24, 2.45) is 0 Å². The molecule has 0 saturated carbocycles. The van der Waals surface area contributed by atoms with Crippen LogP contribution in [0.3, 0.4) is 0 Å². The van der Waals surface area contributed by atoms with Gasteiger partial charge in [-0.15, -0.1) is 0 Å².